The van der Waals surface area contributed by atoms with Crippen LogP contribution >= 0.6 is 0 Å². The zero-order valence-corrected chi connectivity index (χ0v) is 12.7. The van der Waals surface area contributed by atoms with E-state index in [4.69, 9.17) is 5.11 Å². The third-order valence-electron chi connectivity index (χ3n) is 3.92. The number of carboxylic acid groups (broad SMARTS) is 1. The monoisotopic (exact) mass is 315 g/mol. The molecule has 0 saturated carbocycles. The van der Waals surface area contributed by atoms with Crippen LogP contribution in [-0.2, 0) is 14.8 Å². The van der Waals surface area contributed by atoms with Crippen LogP contribution in [0.25, 0.3) is 0 Å². The van der Waals surface area contributed by atoms with Crippen molar-refractivity contribution < 1.29 is 22.7 Å². The molecule has 2 rings (SSSR count). The molecular weight excluding hydrogens is 297 g/mol. The lowest BCUT2D eigenvalue weighted by atomic mass is 9.96. The average Bonchev–Trinajstić information content (AvgIpc) is 2.41. The molecule has 0 spiro atoms. The van der Waals surface area contributed by atoms with E-state index in [1.807, 2.05) is 0 Å². The van der Waals surface area contributed by atoms with E-state index in [0.717, 1.165) is 4.31 Å². The second-order valence-corrected chi connectivity index (χ2v) is 7.28. The summed E-state index contributed by atoms with van der Waals surface area (Å²) in [4.78, 5) is 10.7. The van der Waals surface area contributed by atoms with Crippen molar-refractivity contribution in [2.24, 2.45) is 5.92 Å². The minimum atomic E-state index is -4.04. The molecule has 0 amide bonds. The van der Waals surface area contributed by atoms with E-state index < -0.39 is 27.7 Å². The van der Waals surface area contributed by atoms with Gasteiger partial charge in [-0.25, -0.2) is 12.8 Å². The summed E-state index contributed by atoms with van der Waals surface area (Å²) in [5, 5.41) is 9.08. The molecule has 0 radical (unpaired) electrons. The van der Waals surface area contributed by atoms with Gasteiger partial charge in [0.15, 0.2) is 0 Å². The fraction of sp³-hybridized carbons (Fsp3) is 0.500. The Labute approximate surface area is 123 Å². The maximum atomic E-state index is 14.1. The van der Waals surface area contributed by atoms with E-state index >= 15 is 0 Å². The molecule has 0 aromatic heterocycles. The summed E-state index contributed by atoms with van der Waals surface area (Å²) < 4.78 is 40.5. The molecule has 1 fully saturated rings. The molecule has 1 heterocycles. The van der Waals surface area contributed by atoms with Crippen molar-refractivity contribution in [2.75, 3.05) is 6.54 Å². The van der Waals surface area contributed by atoms with Gasteiger partial charge < -0.3 is 5.11 Å². The van der Waals surface area contributed by atoms with Crippen LogP contribution in [-0.4, -0.2) is 36.4 Å². The molecular formula is C14H18FNO4S. The Balaban J connectivity index is 2.42. The van der Waals surface area contributed by atoms with Crippen molar-refractivity contribution in [2.45, 2.75) is 37.6 Å². The molecule has 1 aliphatic heterocycles. The van der Waals surface area contributed by atoms with Gasteiger partial charge in [0.05, 0.1) is 5.92 Å². The first-order chi connectivity index (χ1) is 9.75. The van der Waals surface area contributed by atoms with Gasteiger partial charge in [0.2, 0.25) is 10.0 Å². The van der Waals surface area contributed by atoms with Gasteiger partial charge in [0.1, 0.15) is 10.7 Å². The quantitative estimate of drug-likeness (QED) is 0.926. The third-order valence-corrected chi connectivity index (χ3v) is 5.91. The van der Waals surface area contributed by atoms with Gasteiger partial charge >= 0.3 is 5.97 Å². The summed E-state index contributed by atoms with van der Waals surface area (Å²) in [7, 11) is -4.04. The fourth-order valence-electron chi connectivity index (χ4n) is 2.56. The number of carboxylic acids is 1. The van der Waals surface area contributed by atoms with E-state index in [0.29, 0.717) is 12.8 Å². The van der Waals surface area contributed by atoms with E-state index in [1.165, 1.54) is 25.1 Å². The number of nitrogens with zero attached hydrogens (tertiary/aromatic N) is 1. The number of piperidine rings is 1. The predicted molar refractivity (Wildman–Crippen MR) is 74.9 cm³/mol. The molecule has 1 aromatic rings. The fourth-order valence-corrected chi connectivity index (χ4v) is 4.40. The van der Waals surface area contributed by atoms with Crippen molar-refractivity contribution in [3.05, 3.63) is 29.6 Å². The molecule has 2 unspecified atom stereocenters. The first-order valence-corrected chi connectivity index (χ1v) is 8.19. The smallest absolute Gasteiger partial charge is 0.307 e. The molecule has 1 saturated heterocycles. The first kappa shape index (κ1) is 15.9. The number of rotatable bonds is 3. The number of benzene rings is 1. The van der Waals surface area contributed by atoms with Gasteiger partial charge in [-0.2, -0.15) is 4.31 Å². The van der Waals surface area contributed by atoms with Gasteiger partial charge in [-0.3, -0.25) is 4.79 Å². The molecule has 21 heavy (non-hydrogen) atoms. The highest BCUT2D eigenvalue weighted by Gasteiger charge is 2.38. The van der Waals surface area contributed by atoms with Crippen LogP contribution in [0.3, 0.4) is 0 Å². The van der Waals surface area contributed by atoms with Gasteiger partial charge in [0.25, 0.3) is 0 Å². The Morgan fingerprint density at radius 3 is 2.67 bits per heavy atom. The summed E-state index contributed by atoms with van der Waals surface area (Å²) >= 11 is 0. The third kappa shape index (κ3) is 2.94. The van der Waals surface area contributed by atoms with Crippen molar-refractivity contribution >= 4 is 16.0 Å². The van der Waals surface area contributed by atoms with Crippen LogP contribution in [0.1, 0.15) is 25.3 Å². The number of hydrogen-bond donors (Lipinski definition) is 1. The highest BCUT2D eigenvalue weighted by molar-refractivity contribution is 7.89. The standard InChI is InChI=1S/C14H18FNO4S/c1-9-4-3-5-12(13(9)15)21(19,20)16-8-11(14(17)18)7-6-10(16)2/h3-5,10-11H,6-8H2,1-2H3,(H,17,18). The lowest BCUT2D eigenvalue weighted by Crippen LogP contribution is -2.47. The van der Waals surface area contributed by atoms with Crippen LogP contribution in [0.15, 0.2) is 23.1 Å². The van der Waals surface area contributed by atoms with E-state index in [9.17, 15) is 17.6 Å². The van der Waals surface area contributed by atoms with Crippen LogP contribution in [0, 0.1) is 18.7 Å². The zero-order chi connectivity index (χ0) is 15.8. The maximum Gasteiger partial charge on any atom is 0.307 e. The minimum Gasteiger partial charge on any atom is -0.481 e. The van der Waals surface area contributed by atoms with Crippen molar-refractivity contribution in [3.8, 4) is 0 Å². The number of aliphatic carboxylic acids is 1. The number of halogens is 1. The average molecular weight is 315 g/mol. The number of sulfonamides is 1. The second kappa shape index (κ2) is 5.73. The zero-order valence-electron chi connectivity index (χ0n) is 11.9. The second-order valence-electron chi connectivity index (χ2n) is 5.42. The molecule has 1 aliphatic rings. The summed E-state index contributed by atoms with van der Waals surface area (Å²) in [6.07, 6.45) is 0.877. The van der Waals surface area contributed by atoms with E-state index in [1.54, 1.807) is 6.92 Å². The Bertz CT molecular complexity index is 659. The van der Waals surface area contributed by atoms with Crippen molar-refractivity contribution in [3.63, 3.8) is 0 Å². The molecule has 2 atom stereocenters. The van der Waals surface area contributed by atoms with Crippen molar-refractivity contribution in [1.82, 2.24) is 4.31 Å². The van der Waals surface area contributed by atoms with E-state index in [-0.39, 0.29) is 23.0 Å². The highest BCUT2D eigenvalue weighted by atomic mass is 32.2. The highest BCUT2D eigenvalue weighted by Crippen LogP contribution is 2.30. The lowest BCUT2D eigenvalue weighted by Gasteiger charge is -2.35. The molecule has 5 nitrogen and oxygen atoms in total. The topological polar surface area (TPSA) is 74.7 Å². The van der Waals surface area contributed by atoms with Gasteiger partial charge in [-0.1, -0.05) is 12.1 Å². The number of hydrogen-bond acceptors (Lipinski definition) is 3. The molecule has 0 aliphatic carbocycles. The van der Waals surface area contributed by atoms with Gasteiger partial charge in [0, 0.05) is 12.6 Å². The number of aryl methyl sites for hydroxylation is 1. The predicted octanol–water partition coefficient (Wildman–Crippen LogP) is 2.01. The molecule has 1 N–H and O–H groups in total. The van der Waals surface area contributed by atoms with Gasteiger partial charge in [-0.05, 0) is 38.3 Å². The summed E-state index contributed by atoms with van der Waals surface area (Å²) in [5.41, 5.74) is 0.246. The normalized spacial score (nSPS) is 24.0. The Kier molecular flexibility index (Phi) is 4.34. The molecule has 0 bridgehead atoms. The van der Waals surface area contributed by atoms with Crippen LogP contribution in [0.4, 0.5) is 4.39 Å². The molecule has 116 valence electrons. The first-order valence-electron chi connectivity index (χ1n) is 6.75. The van der Waals surface area contributed by atoms with Crippen LogP contribution in [0.2, 0.25) is 0 Å². The molecule has 1 aromatic carbocycles. The summed E-state index contributed by atoms with van der Waals surface area (Å²) in [5.74, 6) is -2.54. The SMILES string of the molecule is Cc1cccc(S(=O)(=O)N2CC(C(=O)O)CCC2C)c1F. The Hall–Kier alpha value is -1.47. The maximum absolute atomic E-state index is 14.1. The van der Waals surface area contributed by atoms with Gasteiger partial charge in [-0.15, -0.1) is 0 Å². The number of carbonyl (C=O) groups is 1. The van der Waals surface area contributed by atoms with Crippen molar-refractivity contribution in [1.29, 1.82) is 0 Å². The summed E-state index contributed by atoms with van der Waals surface area (Å²) in [6.45, 7) is 3.09. The minimum absolute atomic E-state index is 0.119. The van der Waals surface area contributed by atoms with Crippen LogP contribution in [0.5, 0.6) is 0 Å². The lowest BCUT2D eigenvalue weighted by molar-refractivity contribution is -0.143. The van der Waals surface area contributed by atoms with Crippen LogP contribution < -0.4 is 0 Å². The Morgan fingerprint density at radius 2 is 2.05 bits per heavy atom. The Morgan fingerprint density at radius 1 is 1.38 bits per heavy atom. The molecule has 7 heteroatoms. The van der Waals surface area contributed by atoms with E-state index in [2.05, 4.69) is 0 Å². The largest absolute Gasteiger partial charge is 0.481 e. The summed E-state index contributed by atoms with van der Waals surface area (Å²) in [6, 6.07) is 3.85.